The molecule has 3 N–H and O–H groups in total. The third-order valence-electron chi connectivity index (χ3n) is 2.80. The highest BCUT2D eigenvalue weighted by Gasteiger charge is 2.09. The zero-order valence-electron chi connectivity index (χ0n) is 11.3. The number of nitrogen functional groups attached to an aromatic ring is 1. The van der Waals surface area contributed by atoms with Crippen LogP contribution in [0.4, 0.5) is 11.4 Å². The first-order valence-electron chi connectivity index (χ1n) is 5.94. The monoisotopic (exact) mass is 262 g/mol. The third kappa shape index (κ3) is 2.93. The maximum Gasteiger partial charge on any atom is 0.162 e. The molecule has 2 rings (SSSR count). The molecule has 2 aromatic rings. The van der Waals surface area contributed by atoms with Gasteiger partial charge in [0.05, 0.1) is 32.1 Å². The average Bonchev–Trinajstić information content (AvgIpc) is 2.82. The summed E-state index contributed by atoms with van der Waals surface area (Å²) in [6, 6.07) is 7.40. The first-order valence-corrected chi connectivity index (χ1v) is 5.94. The summed E-state index contributed by atoms with van der Waals surface area (Å²) in [7, 11) is 3.17. The van der Waals surface area contributed by atoms with E-state index in [1.54, 1.807) is 20.3 Å². The van der Waals surface area contributed by atoms with Crippen LogP contribution in [-0.2, 0) is 6.54 Å². The van der Waals surface area contributed by atoms with Gasteiger partial charge in [-0.1, -0.05) is 0 Å². The molecule has 0 saturated carbocycles. The minimum atomic E-state index is 0.563. The molecule has 0 unspecified atom stereocenters. The molecule has 1 aromatic heterocycles. The van der Waals surface area contributed by atoms with Gasteiger partial charge in [-0.05, 0) is 19.1 Å². The second-order valence-corrected chi connectivity index (χ2v) is 4.16. The number of rotatable bonds is 5. The topological polar surface area (TPSA) is 69.7 Å². The van der Waals surface area contributed by atoms with E-state index in [-0.39, 0.29) is 0 Å². The number of anilines is 2. The molecular weight excluding hydrogens is 244 g/mol. The Morgan fingerprint density at radius 1 is 1.16 bits per heavy atom. The number of hydrogen-bond donors (Lipinski definition) is 2. The maximum absolute atomic E-state index is 5.96. The van der Waals surface area contributed by atoms with Gasteiger partial charge in [0.2, 0.25) is 0 Å². The van der Waals surface area contributed by atoms with Crippen molar-refractivity contribution in [1.82, 2.24) is 0 Å². The Hall–Kier alpha value is -2.30. The zero-order valence-corrected chi connectivity index (χ0v) is 11.3. The minimum Gasteiger partial charge on any atom is -0.493 e. The fourth-order valence-corrected chi connectivity index (χ4v) is 1.81. The number of benzene rings is 1. The lowest BCUT2D eigenvalue weighted by atomic mass is 10.2. The van der Waals surface area contributed by atoms with Crippen molar-refractivity contribution in [2.24, 2.45) is 0 Å². The second kappa shape index (κ2) is 5.56. The number of hydrogen-bond acceptors (Lipinski definition) is 5. The molecule has 0 amide bonds. The summed E-state index contributed by atoms with van der Waals surface area (Å²) in [5.41, 5.74) is 7.34. The van der Waals surface area contributed by atoms with Gasteiger partial charge in [-0.2, -0.15) is 0 Å². The van der Waals surface area contributed by atoms with E-state index in [1.165, 1.54) is 0 Å². The Morgan fingerprint density at radius 2 is 1.84 bits per heavy atom. The molecule has 102 valence electrons. The molecule has 1 heterocycles. The SMILES string of the molecule is COc1cc(N)c(NCc2ccc(C)o2)cc1OC. The van der Waals surface area contributed by atoms with Crippen molar-refractivity contribution in [3.8, 4) is 11.5 Å². The number of furan rings is 1. The van der Waals surface area contributed by atoms with Crippen molar-refractivity contribution in [3.63, 3.8) is 0 Å². The van der Waals surface area contributed by atoms with Crippen LogP contribution >= 0.6 is 0 Å². The van der Waals surface area contributed by atoms with Crippen molar-refractivity contribution in [2.75, 3.05) is 25.3 Å². The van der Waals surface area contributed by atoms with E-state index in [0.29, 0.717) is 23.7 Å². The number of aryl methyl sites for hydroxylation is 1. The van der Waals surface area contributed by atoms with Crippen LogP contribution in [0.2, 0.25) is 0 Å². The van der Waals surface area contributed by atoms with Crippen molar-refractivity contribution >= 4 is 11.4 Å². The first kappa shape index (κ1) is 13.1. The largest absolute Gasteiger partial charge is 0.493 e. The fourth-order valence-electron chi connectivity index (χ4n) is 1.81. The molecule has 1 aromatic carbocycles. The van der Waals surface area contributed by atoms with Crippen molar-refractivity contribution in [1.29, 1.82) is 0 Å². The number of ether oxygens (including phenoxy) is 2. The van der Waals surface area contributed by atoms with Gasteiger partial charge in [0.25, 0.3) is 0 Å². The quantitative estimate of drug-likeness (QED) is 0.811. The van der Waals surface area contributed by atoms with E-state index < -0.39 is 0 Å². The summed E-state index contributed by atoms with van der Waals surface area (Å²) in [5, 5.41) is 3.21. The highest BCUT2D eigenvalue weighted by molar-refractivity contribution is 5.72. The molecule has 0 aliphatic carbocycles. The summed E-state index contributed by atoms with van der Waals surface area (Å²) in [6.07, 6.45) is 0. The van der Waals surface area contributed by atoms with Crippen LogP contribution in [0.1, 0.15) is 11.5 Å². The van der Waals surface area contributed by atoms with Gasteiger partial charge in [0, 0.05) is 12.1 Å². The van der Waals surface area contributed by atoms with Gasteiger partial charge >= 0.3 is 0 Å². The molecule has 5 heteroatoms. The van der Waals surface area contributed by atoms with Gasteiger partial charge in [-0.3, -0.25) is 0 Å². The van der Waals surface area contributed by atoms with Gasteiger partial charge in [0.1, 0.15) is 11.5 Å². The smallest absolute Gasteiger partial charge is 0.162 e. The van der Waals surface area contributed by atoms with E-state index in [0.717, 1.165) is 17.2 Å². The Kier molecular flexibility index (Phi) is 3.85. The predicted octanol–water partition coefficient (Wildman–Crippen LogP) is 2.80. The lowest BCUT2D eigenvalue weighted by Crippen LogP contribution is -2.03. The molecule has 0 aliphatic rings. The van der Waals surface area contributed by atoms with Crippen LogP contribution in [0.5, 0.6) is 11.5 Å². The van der Waals surface area contributed by atoms with Crippen LogP contribution in [0.15, 0.2) is 28.7 Å². The summed E-state index contributed by atoms with van der Waals surface area (Å²) in [6.45, 7) is 2.47. The predicted molar refractivity (Wildman–Crippen MR) is 74.7 cm³/mol. The first-order chi connectivity index (χ1) is 9.13. The maximum atomic E-state index is 5.96. The lowest BCUT2D eigenvalue weighted by molar-refractivity contribution is 0.355. The van der Waals surface area contributed by atoms with E-state index in [9.17, 15) is 0 Å². The van der Waals surface area contributed by atoms with Crippen molar-refractivity contribution in [3.05, 3.63) is 35.8 Å². The molecule has 0 saturated heterocycles. The Balaban J connectivity index is 2.15. The Morgan fingerprint density at radius 3 is 2.42 bits per heavy atom. The van der Waals surface area contributed by atoms with Crippen LogP contribution in [-0.4, -0.2) is 14.2 Å². The highest BCUT2D eigenvalue weighted by atomic mass is 16.5. The number of methoxy groups -OCH3 is 2. The molecular formula is C14H18N2O3. The molecule has 0 atom stereocenters. The summed E-state index contributed by atoms with van der Waals surface area (Å²) < 4.78 is 15.9. The highest BCUT2D eigenvalue weighted by Crippen LogP contribution is 2.34. The summed E-state index contributed by atoms with van der Waals surface area (Å²) in [5.74, 6) is 2.98. The Bertz CT molecular complexity index is 564. The van der Waals surface area contributed by atoms with Gasteiger partial charge in [0.15, 0.2) is 11.5 Å². The van der Waals surface area contributed by atoms with Gasteiger partial charge in [-0.15, -0.1) is 0 Å². The lowest BCUT2D eigenvalue weighted by Gasteiger charge is -2.13. The minimum absolute atomic E-state index is 0.563. The molecule has 19 heavy (non-hydrogen) atoms. The molecule has 5 nitrogen and oxygen atoms in total. The van der Waals surface area contributed by atoms with Crippen LogP contribution in [0, 0.1) is 6.92 Å². The average molecular weight is 262 g/mol. The Labute approximate surface area is 112 Å². The summed E-state index contributed by atoms with van der Waals surface area (Å²) >= 11 is 0. The van der Waals surface area contributed by atoms with E-state index in [1.807, 2.05) is 25.1 Å². The molecule has 0 radical (unpaired) electrons. The number of nitrogens with two attached hydrogens (primary N) is 1. The fraction of sp³-hybridized carbons (Fsp3) is 0.286. The number of nitrogens with one attached hydrogen (secondary N) is 1. The van der Waals surface area contributed by atoms with Crippen molar-refractivity contribution < 1.29 is 13.9 Å². The van der Waals surface area contributed by atoms with Crippen LogP contribution in [0.25, 0.3) is 0 Å². The molecule has 0 fully saturated rings. The molecule has 0 spiro atoms. The van der Waals surface area contributed by atoms with E-state index in [2.05, 4.69) is 5.32 Å². The van der Waals surface area contributed by atoms with Crippen LogP contribution in [0.3, 0.4) is 0 Å². The van der Waals surface area contributed by atoms with Gasteiger partial charge in [-0.25, -0.2) is 0 Å². The molecule has 0 bridgehead atoms. The van der Waals surface area contributed by atoms with Crippen molar-refractivity contribution in [2.45, 2.75) is 13.5 Å². The zero-order chi connectivity index (χ0) is 13.8. The normalized spacial score (nSPS) is 10.3. The van der Waals surface area contributed by atoms with E-state index >= 15 is 0 Å². The second-order valence-electron chi connectivity index (χ2n) is 4.16. The summed E-state index contributed by atoms with van der Waals surface area (Å²) in [4.78, 5) is 0. The van der Waals surface area contributed by atoms with Gasteiger partial charge < -0.3 is 24.9 Å². The molecule has 0 aliphatic heterocycles. The van der Waals surface area contributed by atoms with E-state index in [4.69, 9.17) is 19.6 Å². The van der Waals surface area contributed by atoms with Crippen LogP contribution < -0.4 is 20.5 Å². The third-order valence-corrected chi connectivity index (χ3v) is 2.80. The standard InChI is InChI=1S/C14H18N2O3/c1-9-4-5-10(19-9)8-16-12-7-14(18-3)13(17-2)6-11(12)15/h4-7,16H,8,15H2,1-3H3.